The summed E-state index contributed by atoms with van der Waals surface area (Å²) in [5.41, 5.74) is 19.0. The minimum absolute atomic E-state index is 0. The van der Waals surface area contributed by atoms with E-state index in [1.54, 1.807) is 41.0 Å². The molecule has 6 aromatic heterocycles. The zero-order chi connectivity index (χ0) is 58.0. The Labute approximate surface area is 460 Å². The number of alkyl halides is 13. The van der Waals surface area contributed by atoms with Gasteiger partial charge in [-0.1, -0.05) is 46.4 Å². The number of nitrogens with one attached hydrogen (secondary N) is 1. The number of rotatable bonds is 15. The molecule has 0 aliphatic carbocycles. The van der Waals surface area contributed by atoms with Gasteiger partial charge in [0.1, 0.15) is 63.4 Å². The van der Waals surface area contributed by atoms with E-state index in [4.69, 9.17) is 90.2 Å². The number of aliphatic hydroxyl groups excluding tert-OH is 2. The Kier molecular flexibility index (Phi) is 32.2. The second-order valence-electron chi connectivity index (χ2n) is 14.7. The van der Waals surface area contributed by atoms with Crippen molar-refractivity contribution < 1.29 is 77.6 Å². The van der Waals surface area contributed by atoms with Crippen molar-refractivity contribution in [2.45, 2.75) is 102 Å². The first-order chi connectivity index (χ1) is 35.2. The molecule has 0 atom stereocenters. The molecule has 77 heavy (non-hydrogen) atoms. The number of carbonyl (C=O) groups excluding carboxylic acids is 1. The lowest BCUT2D eigenvalue weighted by atomic mass is 10.3. The van der Waals surface area contributed by atoms with Crippen molar-refractivity contribution in [1.29, 1.82) is 0 Å². The summed E-state index contributed by atoms with van der Waals surface area (Å²) in [5, 5.41) is 28.1. The van der Waals surface area contributed by atoms with Crippen molar-refractivity contribution in [3.63, 3.8) is 0 Å². The molecule has 0 radical (unpaired) electrons. The van der Waals surface area contributed by atoms with Crippen LogP contribution in [-0.2, 0) is 35.2 Å². The molecule has 0 aromatic carbocycles. The summed E-state index contributed by atoms with van der Waals surface area (Å²) in [6, 6.07) is 12.7. The molecule has 0 amide bonds. The number of aldehydes is 1. The highest BCUT2D eigenvalue weighted by Crippen LogP contribution is 2.27. The predicted molar refractivity (Wildman–Crippen MR) is 270 cm³/mol. The number of halogens is 18. The fourth-order valence-electron chi connectivity index (χ4n) is 5.46. The Morgan fingerprint density at radius 3 is 1.34 bits per heavy atom. The van der Waals surface area contributed by atoms with E-state index >= 15 is 0 Å². The number of carboxylic acids is 1. The normalized spacial score (nSPS) is 11.2. The maximum absolute atomic E-state index is 12.2. The Morgan fingerprint density at radius 1 is 0.584 bits per heavy atom. The van der Waals surface area contributed by atoms with Crippen LogP contribution in [0.5, 0.6) is 0 Å². The van der Waals surface area contributed by atoms with Gasteiger partial charge in [0.2, 0.25) is 0 Å². The van der Waals surface area contributed by atoms with Crippen molar-refractivity contribution in [1.82, 2.24) is 39.0 Å². The lowest BCUT2D eigenvalue weighted by Crippen LogP contribution is -2.11. The highest BCUT2D eigenvalue weighted by Gasteiger charge is 2.28. The molecule has 6 aromatic rings. The molecule has 0 spiro atoms. The van der Waals surface area contributed by atoms with Crippen LogP contribution in [0.1, 0.15) is 63.0 Å². The van der Waals surface area contributed by atoms with Gasteiger partial charge in [-0.05, 0) is 67.8 Å². The highest BCUT2D eigenvalue weighted by atomic mass is 35.5. The van der Waals surface area contributed by atoms with E-state index < -0.39 is 69.4 Å². The molecule has 35 heteroatoms. The molecule has 0 fully saturated rings. The minimum atomic E-state index is -4.18. The number of hydrogen-bond donors (Lipinski definition) is 7. The van der Waals surface area contributed by atoms with Crippen molar-refractivity contribution in [2.24, 2.45) is 0 Å². The zero-order valence-corrected chi connectivity index (χ0v) is 44.0. The predicted octanol–water partition coefficient (Wildman–Crippen LogP) is 12.1. The number of carbonyl (C=O) groups is 2. The van der Waals surface area contributed by atoms with Crippen molar-refractivity contribution in [3.8, 4) is 0 Å². The monoisotopic (exact) mass is 1240 g/mol. The van der Waals surface area contributed by atoms with Gasteiger partial charge in [0.25, 0.3) is 0 Å². The van der Waals surface area contributed by atoms with Gasteiger partial charge in [-0.25, -0.2) is 34.7 Å². The fourth-order valence-corrected chi connectivity index (χ4v) is 6.26. The number of hydrogen-bond acceptors (Lipinski definition) is 14. The molecule has 0 aliphatic heterocycles. The molecule has 0 unspecified atom stereocenters. The van der Waals surface area contributed by atoms with E-state index in [-0.39, 0.29) is 103 Å². The first-order valence-corrected chi connectivity index (χ1v) is 23.3. The second kappa shape index (κ2) is 34.6. The number of aliphatic carboxylic acids is 1. The first kappa shape index (κ1) is 71.7. The van der Waals surface area contributed by atoms with Crippen molar-refractivity contribution in [2.75, 3.05) is 35.7 Å². The Morgan fingerprint density at radius 2 is 0.974 bits per heavy atom. The van der Waals surface area contributed by atoms with Crippen LogP contribution in [0, 0.1) is 0 Å². The van der Waals surface area contributed by atoms with Gasteiger partial charge >= 0.3 is 30.7 Å². The number of nitrogen functional groups attached to an aromatic ring is 3. The van der Waals surface area contributed by atoms with E-state index in [0.717, 1.165) is 0 Å². The van der Waals surface area contributed by atoms with Gasteiger partial charge in [-0.3, -0.25) is 0 Å². The van der Waals surface area contributed by atoms with E-state index in [1.165, 1.54) is 16.7 Å². The molecule has 17 nitrogen and oxygen atoms in total. The number of carboxylic acid groups (broad SMARTS) is 1. The van der Waals surface area contributed by atoms with Crippen LogP contribution >= 0.6 is 70.4 Å². The Bertz CT molecular complexity index is 2610. The average Bonchev–Trinajstić information content (AvgIpc) is 3.84. The van der Waals surface area contributed by atoms with Crippen LogP contribution < -0.4 is 22.5 Å². The number of aromatic nitrogens is 8. The van der Waals surface area contributed by atoms with Crippen LogP contribution in [0.2, 0.25) is 20.6 Å². The van der Waals surface area contributed by atoms with E-state index in [2.05, 4.69) is 35.2 Å². The average molecular weight is 1240 g/mol. The number of pyridine rings is 4. The lowest BCUT2D eigenvalue weighted by Gasteiger charge is -2.09. The third-order valence-corrected chi connectivity index (χ3v) is 9.79. The summed E-state index contributed by atoms with van der Waals surface area (Å²) < 4.78 is 145. The summed E-state index contributed by atoms with van der Waals surface area (Å²) in [5.74, 6) is 0.160. The summed E-state index contributed by atoms with van der Waals surface area (Å²) in [6.45, 7) is -0.635. The maximum atomic E-state index is 12.2. The van der Waals surface area contributed by atoms with E-state index in [9.17, 15) is 62.6 Å². The molecule has 6 rings (SSSR count). The standard InChI is InChI=1S/C11H10Cl2F3N3.C11H11ClF3N3O.C9H11ClF3N3.C5H6ClN3.C4H5F3O.C2H4O3.ClH/c12-6-9-18-10-7(2-3-8(13)17-10)19(9)5-1-4-11(14,15)16;12-8-3-2-7-10(16-8)17-9(6-19)18(7)5-1-4-11(13,14)15;10-7-3-2-6(8(14)16-7)15-5-1-4-9(11,12)13;6-4-2-1-3(7)5(8)9-4;5-4(6,7)2-1-3-8;3-1-2(4)5;/h2-3H,1,4-6H2;2-3,19H,1,4-6H2;2-3,15H,1,4-5H2,(H2,14,16);1-2H,7H2,(H2,8,9);3H,1-2H2;3H,1H2,(H,4,5);1H. The lowest BCUT2D eigenvalue weighted by molar-refractivity contribution is -0.140. The second-order valence-corrected chi connectivity index (χ2v) is 16.6. The largest absolute Gasteiger partial charge is 0.480 e. The number of fused-ring (bicyclic) bond motifs is 2. The third-order valence-electron chi connectivity index (χ3n) is 8.71. The van der Waals surface area contributed by atoms with Gasteiger partial charge in [0, 0.05) is 45.3 Å². The van der Waals surface area contributed by atoms with Crippen LogP contribution in [0.25, 0.3) is 22.3 Å². The summed E-state index contributed by atoms with van der Waals surface area (Å²) in [7, 11) is 0. The van der Waals surface area contributed by atoms with Crippen molar-refractivity contribution >= 4 is 128 Å². The zero-order valence-electron chi connectivity index (χ0n) is 39.4. The molecule has 6 heterocycles. The molecule has 0 saturated heterocycles. The number of nitrogens with zero attached hydrogens (tertiary/aromatic N) is 8. The number of aliphatic hydroxyl groups is 2. The van der Waals surface area contributed by atoms with Gasteiger partial charge in [-0.2, -0.15) is 52.7 Å². The van der Waals surface area contributed by atoms with Gasteiger partial charge in [0.05, 0.1) is 34.7 Å². The molecule has 0 saturated carbocycles. The van der Waals surface area contributed by atoms with Crippen molar-refractivity contribution in [3.05, 3.63) is 80.8 Å². The van der Waals surface area contributed by atoms with Crippen LogP contribution in [0.3, 0.4) is 0 Å². The van der Waals surface area contributed by atoms with Gasteiger partial charge in [0.15, 0.2) is 11.3 Å². The highest BCUT2D eigenvalue weighted by molar-refractivity contribution is 6.30. The Hall–Kier alpha value is -5.30. The van der Waals surface area contributed by atoms with Gasteiger partial charge < -0.3 is 51.8 Å². The third kappa shape index (κ3) is 31.0. The smallest absolute Gasteiger partial charge is 0.389 e. The molecule has 0 aliphatic rings. The summed E-state index contributed by atoms with van der Waals surface area (Å²) in [6.07, 6.45) is -20.5. The number of aryl methyl sites for hydroxylation is 2. The Balaban J connectivity index is 0.000000943. The van der Waals surface area contributed by atoms with Crippen LogP contribution in [0.4, 0.5) is 75.7 Å². The van der Waals surface area contributed by atoms with Gasteiger partial charge in [-0.15, -0.1) is 24.0 Å². The van der Waals surface area contributed by atoms with Crippen LogP contribution in [0.15, 0.2) is 48.5 Å². The van der Waals surface area contributed by atoms with Crippen LogP contribution in [-0.4, -0.2) is 104 Å². The summed E-state index contributed by atoms with van der Waals surface area (Å²) in [4.78, 5) is 42.1. The van der Waals surface area contributed by atoms with E-state index in [1.807, 2.05) is 0 Å². The first-order valence-electron chi connectivity index (χ1n) is 21.3. The quantitative estimate of drug-likeness (QED) is 0.0166. The van der Waals surface area contributed by atoms with E-state index in [0.29, 0.717) is 44.7 Å². The SMILES string of the molecule is Cl.FC(F)(F)CCCn1c(CCl)nc2nc(Cl)ccc21.Nc1ccc(Cl)nc1N.Nc1nc(Cl)ccc1NCCCC(F)(F)F.O=C(O)CO.O=CCCC(F)(F)F.OCc1nc2nc(Cl)ccc2n1CCCC(F)(F)F. The topological polar surface area (TPSA) is 272 Å². The fraction of sp³-hybridized carbons (Fsp3) is 0.429. The number of imidazole rings is 2. The molecule has 10 N–H and O–H groups in total. The molecule has 0 bridgehead atoms. The number of anilines is 4. The summed E-state index contributed by atoms with van der Waals surface area (Å²) >= 11 is 28.2. The minimum Gasteiger partial charge on any atom is -0.480 e. The molecular weight excluding hydrogens is 1190 g/mol. The number of nitrogens with two attached hydrogens (primary N) is 3. The molecule has 432 valence electrons. The maximum Gasteiger partial charge on any atom is 0.389 e. The molecular formula is C42H48Cl6F12N12O5.